The normalized spacial score (nSPS) is 11.5. The molecule has 7 rings (SSSR count). The average molecular weight is 565 g/mol. The summed E-state index contributed by atoms with van der Waals surface area (Å²) < 4.78 is 0. The van der Waals surface area contributed by atoms with E-state index >= 15 is 0 Å². The maximum atomic E-state index is 3.76. The molecule has 0 unspecified atom stereocenters. The molecule has 2 heteroatoms. The van der Waals surface area contributed by atoms with E-state index in [-0.39, 0.29) is 0 Å². The quantitative estimate of drug-likeness (QED) is 0.109. The number of benzene rings is 7. The SMILES string of the molecule is C(=Cc1ccc(Nc2c3ccccc3c(Nc3ccc(C=Cc4ccccc4)cc3)c3ccccc23)cc1)c1ccccc1. The second kappa shape index (κ2) is 12.6. The van der Waals surface area contributed by atoms with Gasteiger partial charge in [-0.05, 0) is 46.5 Å². The van der Waals surface area contributed by atoms with Crippen LogP contribution in [0.25, 0.3) is 45.8 Å². The van der Waals surface area contributed by atoms with Gasteiger partial charge in [0.1, 0.15) is 0 Å². The van der Waals surface area contributed by atoms with Crippen molar-refractivity contribution in [3.8, 4) is 0 Å². The summed E-state index contributed by atoms with van der Waals surface area (Å²) in [5, 5.41) is 12.2. The first-order chi connectivity index (χ1) is 21.8. The highest BCUT2D eigenvalue weighted by molar-refractivity contribution is 6.20. The van der Waals surface area contributed by atoms with Gasteiger partial charge in [-0.3, -0.25) is 0 Å². The molecule has 7 aromatic rings. The molecule has 0 aliphatic rings. The van der Waals surface area contributed by atoms with Crippen molar-refractivity contribution >= 4 is 68.6 Å². The standard InChI is InChI=1S/C42H32N2/c1-3-11-31(12-4-1)19-21-33-23-27-35(28-24-33)43-41-37-15-7-9-17-39(37)42(40-18-10-8-16-38(40)41)44-36-29-25-34(26-30-36)22-20-32-13-5-2-6-14-32/h1-30,43-44H. The molecule has 0 heterocycles. The van der Waals surface area contributed by atoms with Gasteiger partial charge in [0.2, 0.25) is 0 Å². The average Bonchev–Trinajstić information content (AvgIpc) is 3.10. The predicted octanol–water partition coefficient (Wildman–Crippen LogP) is 11.8. The summed E-state index contributed by atoms with van der Waals surface area (Å²) in [5.74, 6) is 0. The van der Waals surface area contributed by atoms with Gasteiger partial charge in [0.05, 0.1) is 11.4 Å². The van der Waals surface area contributed by atoms with Crippen LogP contribution in [0.3, 0.4) is 0 Å². The van der Waals surface area contributed by atoms with Gasteiger partial charge in [-0.1, -0.05) is 158 Å². The van der Waals surface area contributed by atoms with Crippen LogP contribution in [0.4, 0.5) is 22.7 Å². The van der Waals surface area contributed by atoms with Crippen LogP contribution < -0.4 is 10.6 Å². The summed E-state index contributed by atoms with van der Waals surface area (Å²) in [6, 6.07) is 55.2. The van der Waals surface area contributed by atoms with E-state index in [2.05, 4.69) is 181 Å². The Kier molecular flexibility index (Phi) is 7.71. The van der Waals surface area contributed by atoms with Crippen molar-refractivity contribution in [2.24, 2.45) is 0 Å². The van der Waals surface area contributed by atoms with E-state index in [0.29, 0.717) is 0 Å². The molecule has 2 N–H and O–H groups in total. The van der Waals surface area contributed by atoms with Gasteiger partial charge >= 0.3 is 0 Å². The van der Waals surface area contributed by atoms with E-state index in [0.717, 1.165) is 33.9 Å². The summed E-state index contributed by atoms with van der Waals surface area (Å²) in [6.07, 6.45) is 8.58. The molecular weight excluding hydrogens is 532 g/mol. The highest BCUT2D eigenvalue weighted by Gasteiger charge is 2.14. The van der Waals surface area contributed by atoms with Gasteiger partial charge in [0.15, 0.2) is 0 Å². The lowest BCUT2D eigenvalue weighted by Gasteiger charge is -2.19. The molecule has 0 radical (unpaired) electrons. The van der Waals surface area contributed by atoms with Crippen molar-refractivity contribution in [1.82, 2.24) is 0 Å². The molecule has 0 aliphatic heterocycles. The van der Waals surface area contributed by atoms with Crippen molar-refractivity contribution in [2.75, 3.05) is 10.6 Å². The number of anilines is 4. The van der Waals surface area contributed by atoms with Gasteiger partial charge in [0, 0.05) is 32.9 Å². The lowest BCUT2D eigenvalue weighted by molar-refractivity contribution is 1.56. The predicted molar refractivity (Wildman–Crippen MR) is 192 cm³/mol. The maximum absolute atomic E-state index is 3.76. The molecule has 0 saturated carbocycles. The van der Waals surface area contributed by atoms with Crippen LogP contribution in [0.2, 0.25) is 0 Å². The van der Waals surface area contributed by atoms with Crippen LogP contribution in [-0.2, 0) is 0 Å². The Labute approximate surface area is 258 Å². The van der Waals surface area contributed by atoms with E-state index in [1.54, 1.807) is 0 Å². The third-order valence-corrected chi connectivity index (χ3v) is 7.83. The fourth-order valence-corrected chi connectivity index (χ4v) is 5.55. The Balaban J connectivity index is 1.19. The summed E-state index contributed by atoms with van der Waals surface area (Å²) in [4.78, 5) is 0. The van der Waals surface area contributed by atoms with E-state index in [9.17, 15) is 0 Å². The minimum Gasteiger partial charge on any atom is -0.355 e. The van der Waals surface area contributed by atoms with Crippen LogP contribution >= 0.6 is 0 Å². The zero-order valence-corrected chi connectivity index (χ0v) is 24.3. The Morgan fingerprint density at radius 1 is 0.273 bits per heavy atom. The lowest BCUT2D eigenvalue weighted by Crippen LogP contribution is -1.98. The molecule has 0 spiro atoms. The maximum Gasteiger partial charge on any atom is 0.0545 e. The van der Waals surface area contributed by atoms with Crippen molar-refractivity contribution < 1.29 is 0 Å². The molecule has 44 heavy (non-hydrogen) atoms. The van der Waals surface area contributed by atoms with Crippen molar-refractivity contribution in [3.05, 3.63) is 180 Å². The molecule has 0 fully saturated rings. The van der Waals surface area contributed by atoms with Crippen LogP contribution in [0.15, 0.2) is 158 Å². The topological polar surface area (TPSA) is 24.1 Å². The highest BCUT2D eigenvalue weighted by Crippen LogP contribution is 2.42. The summed E-state index contributed by atoms with van der Waals surface area (Å²) in [7, 11) is 0. The Hall–Kier alpha value is -5.86. The van der Waals surface area contributed by atoms with Gasteiger partial charge < -0.3 is 10.6 Å². The fourth-order valence-electron chi connectivity index (χ4n) is 5.55. The fraction of sp³-hybridized carbons (Fsp3) is 0. The van der Waals surface area contributed by atoms with Crippen molar-refractivity contribution in [1.29, 1.82) is 0 Å². The minimum absolute atomic E-state index is 1.05. The van der Waals surface area contributed by atoms with Gasteiger partial charge in [-0.2, -0.15) is 0 Å². The molecule has 0 bridgehead atoms. The van der Waals surface area contributed by atoms with E-state index in [1.807, 2.05) is 12.1 Å². The monoisotopic (exact) mass is 564 g/mol. The molecule has 2 nitrogen and oxygen atoms in total. The highest BCUT2D eigenvalue weighted by atomic mass is 14.9. The zero-order valence-electron chi connectivity index (χ0n) is 24.3. The molecule has 0 amide bonds. The summed E-state index contributed by atoms with van der Waals surface area (Å²) in [6.45, 7) is 0. The first-order valence-electron chi connectivity index (χ1n) is 14.9. The van der Waals surface area contributed by atoms with E-state index < -0.39 is 0 Å². The summed E-state index contributed by atoms with van der Waals surface area (Å²) >= 11 is 0. The molecule has 7 aromatic carbocycles. The first-order valence-corrected chi connectivity index (χ1v) is 14.9. The van der Waals surface area contributed by atoms with Gasteiger partial charge in [-0.25, -0.2) is 0 Å². The van der Waals surface area contributed by atoms with Crippen molar-refractivity contribution in [2.45, 2.75) is 0 Å². The second-order valence-corrected chi connectivity index (χ2v) is 10.8. The minimum atomic E-state index is 1.05. The summed E-state index contributed by atoms with van der Waals surface area (Å²) in [5.41, 5.74) is 9.03. The Morgan fingerprint density at radius 2 is 0.545 bits per heavy atom. The molecule has 0 aliphatic carbocycles. The third kappa shape index (κ3) is 6.01. The molecular formula is C42H32N2. The Morgan fingerprint density at radius 3 is 0.864 bits per heavy atom. The molecule has 210 valence electrons. The van der Waals surface area contributed by atoms with E-state index in [4.69, 9.17) is 0 Å². The number of hydrogen-bond acceptors (Lipinski definition) is 2. The number of fused-ring (bicyclic) bond motifs is 2. The van der Waals surface area contributed by atoms with Gasteiger partial charge in [-0.15, -0.1) is 0 Å². The van der Waals surface area contributed by atoms with Crippen LogP contribution in [0.1, 0.15) is 22.3 Å². The van der Waals surface area contributed by atoms with E-state index in [1.165, 1.54) is 32.7 Å². The number of rotatable bonds is 8. The Bertz CT molecular complexity index is 1860. The number of nitrogens with one attached hydrogen (secondary N) is 2. The lowest BCUT2D eigenvalue weighted by atomic mass is 9.97. The zero-order chi connectivity index (χ0) is 29.6. The second-order valence-electron chi connectivity index (χ2n) is 10.8. The molecule has 0 aromatic heterocycles. The first kappa shape index (κ1) is 27.0. The van der Waals surface area contributed by atoms with Gasteiger partial charge in [0.25, 0.3) is 0 Å². The molecule has 0 saturated heterocycles. The van der Waals surface area contributed by atoms with Crippen LogP contribution in [-0.4, -0.2) is 0 Å². The molecule has 0 atom stereocenters. The van der Waals surface area contributed by atoms with Crippen molar-refractivity contribution in [3.63, 3.8) is 0 Å². The smallest absolute Gasteiger partial charge is 0.0545 e. The van der Waals surface area contributed by atoms with Crippen LogP contribution in [0, 0.1) is 0 Å². The number of hydrogen-bond donors (Lipinski definition) is 2. The third-order valence-electron chi connectivity index (χ3n) is 7.83. The van der Waals surface area contributed by atoms with Crippen LogP contribution in [0.5, 0.6) is 0 Å². The largest absolute Gasteiger partial charge is 0.355 e.